The lowest BCUT2D eigenvalue weighted by Crippen LogP contribution is -2.36. The number of fused-ring (bicyclic) bond motifs is 1. The topological polar surface area (TPSA) is 54.5 Å². The van der Waals surface area contributed by atoms with Crippen molar-refractivity contribution in [1.82, 2.24) is 15.2 Å². The zero-order valence-electron chi connectivity index (χ0n) is 13.5. The van der Waals surface area contributed by atoms with Crippen molar-refractivity contribution in [2.24, 2.45) is 0 Å². The van der Waals surface area contributed by atoms with Gasteiger partial charge in [0.1, 0.15) is 0 Å². The van der Waals surface area contributed by atoms with Crippen molar-refractivity contribution in [3.8, 4) is 5.88 Å². The predicted octanol–water partition coefficient (Wildman–Crippen LogP) is 3.09. The zero-order chi connectivity index (χ0) is 16.2. The first-order chi connectivity index (χ1) is 11.1. The number of carbonyl (C=O) groups is 1. The van der Waals surface area contributed by atoms with Gasteiger partial charge in [-0.05, 0) is 30.5 Å². The van der Waals surface area contributed by atoms with Crippen molar-refractivity contribution in [2.75, 3.05) is 0 Å². The third kappa shape index (κ3) is 3.80. The Labute approximate surface area is 136 Å². The van der Waals surface area contributed by atoms with E-state index in [1.165, 1.54) is 11.1 Å². The van der Waals surface area contributed by atoms with Crippen molar-refractivity contribution in [3.63, 3.8) is 0 Å². The van der Waals surface area contributed by atoms with Gasteiger partial charge in [0, 0.05) is 31.9 Å². The molecule has 0 atom stereocenters. The highest BCUT2D eigenvalue weighted by Crippen LogP contribution is 2.18. The van der Waals surface area contributed by atoms with Crippen LogP contribution < -0.4 is 10.1 Å². The summed E-state index contributed by atoms with van der Waals surface area (Å²) in [5.41, 5.74) is 3.33. The number of pyridine rings is 1. The van der Waals surface area contributed by atoms with Crippen LogP contribution >= 0.6 is 0 Å². The van der Waals surface area contributed by atoms with Gasteiger partial charge in [0.05, 0.1) is 6.10 Å². The molecule has 2 amide bonds. The average molecular weight is 311 g/mol. The highest BCUT2D eigenvalue weighted by molar-refractivity contribution is 5.75. The third-order valence-corrected chi connectivity index (χ3v) is 3.72. The molecule has 1 N–H and O–H groups in total. The molecule has 2 aromatic rings. The minimum Gasteiger partial charge on any atom is -0.475 e. The lowest BCUT2D eigenvalue weighted by molar-refractivity contribution is 0.194. The Morgan fingerprint density at radius 2 is 2.00 bits per heavy atom. The Morgan fingerprint density at radius 3 is 2.70 bits per heavy atom. The normalized spacial score (nSPS) is 14.2. The summed E-state index contributed by atoms with van der Waals surface area (Å²) in [6.07, 6.45) is 1.86. The summed E-state index contributed by atoms with van der Waals surface area (Å²) in [6, 6.07) is 11.9. The summed E-state index contributed by atoms with van der Waals surface area (Å²) in [5.74, 6) is 0.606. The molecule has 3 rings (SSSR count). The average Bonchev–Trinajstić information content (AvgIpc) is 2.69. The number of urea groups is 1. The number of rotatable bonds is 4. The molecule has 23 heavy (non-hydrogen) atoms. The first kappa shape index (κ1) is 15.3. The molecule has 0 saturated heterocycles. The summed E-state index contributed by atoms with van der Waals surface area (Å²) in [6.45, 7) is 5.63. The Morgan fingerprint density at radius 1 is 1.22 bits per heavy atom. The van der Waals surface area contributed by atoms with Crippen molar-refractivity contribution in [1.29, 1.82) is 0 Å². The van der Waals surface area contributed by atoms with Crippen LogP contribution in [0.1, 0.15) is 30.5 Å². The fourth-order valence-corrected chi connectivity index (χ4v) is 2.61. The summed E-state index contributed by atoms with van der Waals surface area (Å²) in [7, 11) is 0. The summed E-state index contributed by atoms with van der Waals surface area (Å²) < 4.78 is 5.54. The molecule has 0 fully saturated rings. The third-order valence-electron chi connectivity index (χ3n) is 3.72. The molecule has 1 aliphatic heterocycles. The van der Waals surface area contributed by atoms with Gasteiger partial charge in [0.25, 0.3) is 0 Å². The van der Waals surface area contributed by atoms with E-state index in [0.29, 0.717) is 25.5 Å². The van der Waals surface area contributed by atoms with Crippen LogP contribution in [0, 0.1) is 0 Å². The van der Waals surface area contributed by atoms with Gasteiger partial charge in [-0.3, -0.25) is 0 Å². The van der Waals surface area contributed by atoms with E-state index in [-0.39, 0.29) is 12.1 Å². The van der Waals surface area contributed by atoms with E-state index in [0.717, 1.165) is 5.56 Å². The molecule has 5 nitrogen and oxygen atoms in total. The maximum atomic E-state index is 12.3. The van der Waals surface area contributed by atoms with Gasteiger partial charge in [0.15, 0.2) is 0 Å². The van der Waals surface area contributed by atoms with Gasteiger partial charge >= 0.3 is 6.03 Å². The van der Waals surface area contributed by atoms with Crippen LogP contribution in [0.3, 0.4) is 0 Å². The zero-order valence-corrected chi connectivity index (χ0v) is 13.5. The molecule has 1 aromatic heterocycles. The lowest BCUT2D eigenvalue weighted by Gasteiger charge is -2.20. The maximum absolute atomic E-state index is 12.3. The van der Waals surface area contributed by atoms with Crippen molar-refractivity contribution in [2.45, 2.75) is 39.6 Å². The number of benzene rings is 1. The maximum Gasteiger partial charge on any atom is 0.318 e. The summed E-state index contributed by atoms with van der Waals surface area (Å²) in [4.78, 5) is 18.4. The SMILES string of the molecule is CC(C)Oc1ccc(CN2Cc3ccccc3CNC2=O)cn1. The van der Waals surface area contributed by atoms with E-state index >= 15 is 0 Å². The summed E-state index contributed by atoms with van der Waals surface area (Å²) in [5, 5.41) is 2.95. The van der Waals surface area contributed by atoms with E-state index in [9.17, 15) is 4.79 Å². The fraction of sp³-hybridized carbons (Fsp3) is 0.333. The molecular weight excluding hydrogens is 290 g/mol. The van der Waals surface area contributed by atoms with E-state index in [2.05, 4.69) is 22.4 Å². The molecule has 5 heteroatoms. The van der Waals surface area contributed by atoms with Crippen molar-refractivity contribution < 1.29 is 9.53 Å². The smallest absolute Gasteiger partial charge is 0.318 e. The quantitative estimate of drug-likeness (QED) is 0.944. The highest BCUT2D eigenvalue weighted by atomic mass is 16.5. The van der Waals surface area contributed by atoms with Crippen LogP contribution in [0.25, 0.3) is 0 Å². The van der Waals surface area contributed by atoms with Gasteiger partial charge in [-0.2, -0.15) is 0 Å². The number of hydrogen-bond donors (Lipinski definition) is 1. The summed E-state index contributed by atoms with van der Waals surface area (Å²) >= 11 is 0. The van der Waals surface area contributed by atoms with Crippen LogP contribution in [0.5, 0.6) is 5.88 Å². The number of nitrogens with one attached hydrogen (secondary N) is 1. The Balaban J connectivity index is 1.72. The molecule has 120 valence electrons. The van der Waals surface area contributed by atoms with Gasteiger partial charge < -0.3 is 15.0 Å². The second kappa shape index (κ2) is 6.69. The van der Waals surface area contributed by atoms with Gasteiger partial charge in [-0.25, -0.2) is 9.78 Å². The first-order valence-electron chi connectivity index (χ1n) is 7.83. The number of hydrogen-bond acceptors (Lipinski definition) is 3. The largest absolute Gasteiger partial charge is 0.475 e. The lowest BCUT2D eigenvalue weighted by atomic mass is 10.1. The van der Waals surface area contributed by atoms with Gasteiger partial charge in [-0.15, -0.1) is 0 Å². The molecular formula is C18H21N3O2. The molecule has 2 heterocycles. The first-order valence-corrected chi connectivity index (χ1v) is 7.83. The van der Waals surface area contributed by atoms with Crippen LogP contribution in [0.2, 0.25) is 0 Å². The number of amides is 2. The van der Waals surface area contributed by atoms with Crippen LogP contribution in [-0.2, 0) is 19.6 Å². The molecule has 0 saturated carbocycles. The minimum atomic E-state index is -0.0521. The fourth-order valence-electron chi connectivity index (χ4n) is 2.61. The number of ether oxygens (including phenoxy) is 1. The molecule has 0 radical (unpaired) electrons. The second-order valence-corrected chi connectivity index (χ2v) is 5.95. The molecule has 1 aromatic carbocycles. The Kier molecular flexibility index (Phi) is 4.46. The molecule has 0 unspecified atom stereocenters. The molecule has 0 bridgehead atoms. The van der Waals surface area contributed by atoms with Gasteiger partial charge in [0.2, 0.25) is 5.88 Å². The molecule has 1 aliphatic rings. The van der Waals surface area contributed by atoms with Crippen LogP contribution in [0.4, 0.5) is 4.79 Å². The molecule has 0 aliphatic carbocycles. The number of aromatic nitrogens is 1. The minimum absolute atomic E-state index is 0.0521. The number of nitrogens with zero attached hydrogens (tertiary/aromatic N) is 2. The van der Waals surface area contributed by atoms with E-state index in [1.807, 2.05) is 38.1 Å². The molecule has 0 spiro atoms. The van der Waals surface area contributed by atoms with Gasteiger partial charge in [-0.1, -0.05) is 30.3 Å². The van der Waals surface area contributed by atoms with Crippen LogP contribution in [-0.4, -0.2) is 22.0 Å². The number of carbonyl (C=O) groups excluding carboxylic acids is 1. The predicted molar refractivity (Wildman–Crippen MR) is 87.9 cm³/mol. The van der Waals surface area contributed by atoms with Crippen molar-refractivity contribution in [3.05, 3.63) is 59.3 Å². The monoisotopic (exact) mass is 311 g/mol. The van der Waals surface area contributed by atoms with Crippen LogP contribution in [0.15, 0.2) is 42.6 Å². The van der Waals surface area contributed by atoms with E-state index in [1.54, 1.807) is 11.1 Å². The Bertz CT molecular complexity index is 683. The van der Waals surface area contributed by atoms with E-state index in [4.69, 9.17) is 4.74 Å². The van der Waals surface area contributed by atoms with E-state index < -0.39 is 0 Å². The van der Waals surface area contributed by atoms with Crippen molar-refractivity contribution >= 4 is 6.03 Å². The Hall–Kier alpha value is -2.56. The second-order valence-electron chi connectivity index (χ2n) is 5.95. The highest BCUT2D eigenvalue weighted by Gasteiger charge is 2.19. The standard InChI is InChI=1S/C18H21N3O2/c1-13(2)23-17-8-7-14(9-19-17)11-21-12-16-6-4-3-5-15(16)10-20-18(21)22/h3-9,13H,10-12H2,1-2H3,(H,20,22).